The maximum atomic E-state index is 12.6. The van der Waals surface area contributed by atoms with Crippen LogP contribution in [0.3, 0.4) is 0 Å². The van der Waals surface area contributed by atoms with Gasteiger partial charge in [0.25, 0.3) is 5.91 Å². The normalized spacial score (nSPS) is 18.8. The van der Waals surface area contributed by atoms with E-state index in [2.05, 4.69) is 5.32 Å². The summed E-state index contributed by atoms with van der Waals surface area (Å²) in [6, 6.07) is 0.488. The summed E-state index contributed by atoms with van der Waals surface area (Å²) < 4.78 is 5.75. The molecule has 0 bridgehead atoms. The number of rotatable bonds is 2. The minimum atomic E-state index is -0.0655. The van der Waals surface area contributed by atoms with Crippen LogP contribution < -0.4 is 5.32 Å². The quantitative estimate of drug-likeness (QED) is 0.906. The van der Waals surface area contributed by atoms with Gasteiger partial charge in [0.1, 0.15) is 5.76 Å². The standard InChI is InChI=1S/C16H22N2O3.ClH/c1-10-14-12(19)4-3-5-13(14)21-15(10)16(20)18-8-6-11(17-2)7-9-18;/h11,17H,3-9H2,1-2H3;1H. The molecule has 0 radical (unpaired) electrons. The fraction of sp³-hybridized carbons (Fsp3) is 0.625. The monoisotopic (exact) mass is 326 g/mol. The van der Waals surface area contributed by atoms with E-state index in [4.69, 9.17) is 4.42 Å². The topological polar surface area (TPSA) is 62.6 Å². The highest BCUT2D eigenvalue weighted by Crippen LogP contribution is 2.30. The van der Waals surface area contributed by atoms with Crippen molar-refractivity contribution in [1.29, 1.82) is 0 Å². The van der Waals surface area contributed by atoms with Crippen LogP contribution in [0.4, 0.5) is 0 Å². The van der Waals surface area contributed by atoms with Gasteiger partial charge in [-0.1, -0.05) is 0 Å². The van der Waals surface area contributed by atoms with Crippen LogP contribution in [0.15, 0.2) is 4.42 Å². The van der Waals surface area contributed by atoms with Gasteiger partial charge in [0, 0.05) is 37.5 Å². The Morgan fingerprint density at radius 3 is 2.55 bits per heavy atom. The first-order chi connectivity index (χ1) is 10.1. The van der Waals surface area contributed by atoms with Crippen molar-refractivity contribution in [3.05, 3.63) is 22.6 Å². The molecule has 6 heteroatoms. The summed E-state index contributed by atoms with van der Waals surface area (Å²) in [5, 5.41) is 3.25. The second-order valence-electron chi connectivity index (χ2n) is 5.99. The Morgan fingerprint density at radius 1 is 1.27 bits per heavy atom. The van der Waals surface area contributed by atoms with Crippen LogP contribution in [0, 0.1) is 6.92 Å². The first kappa shape index (κ1) is 17.0. The average molecular weight is 327 g/mol. The van der Waals surface area contributed by atoms with Crippen LogP contribution in [0.25, 0.3) is 0 Å². The molecule has 1 aliphatic heterocycles. The van der Waals surface area contributed by atoms with E-state index in [1.54, 1.807) is 0 Å². The molecule has 1 N–H and O–H groups in total. The number of furan rings is 1. The number of nitrogens with zero attached hydrogens (tertiary/aromatic N) is 1. The zero-order valence-corrected chi connectivity index (χ0v) is 13.9. The van der Waals surface area contributed by atoms with Crippen molar-refractivity contribution in [2.75, 3.05) is 20.1 Å². The van der Waals surface area contributed by atoms with Crippen LogP contribution >= 0.6 is 12.4 Å². The summed E-state index contributed by atoms with van der Waals surface area (Å²) in [6.45, 7) is 3.31. The molecule has 122 valence electrons. The number of halogens is 1. The predicted octanol–water partition coefficient (Wildman–Crippen LogP) is 2.35. The van der Waals surface area contributed by atoms with Crippen LogP contribution in [0.5, 0.6) is 0 Å². The molecule has 0 unspecified atom stereocenters. The fourth-order valence-electron chi connectivity index (χ4n) is 3.37. The van der Waals surface area contributed by atoms with Gasteiger partial charge < -0.3 is 14.6 Å². The zero-order valence-electron chi connectivity index (χ0n) is 13.1. The molecule has 1 aromatic heterocycles. The molecule has 1 fully saturated rings. The van der Waals surface area contributed by atoms with Gasteiger partial charge in [-0.15, -0.1) is 12.4 Å². The fourth-order valence-corrected chi connectivity index (χ4v) is 3.37. The number of carbonyl (C=O) groups excluding carboxylic acids is 2. The van der Waals surface area contributed by atoms with Gasteiger partial charge in [-0.05, 0) is 33.2 Å². The van der Waals surface area contributed by atoms with Gasteiger partial charge >= 0.3 is 0 Å². The van der Waals surface area contributed by atoms with Crippen molar-refractivity contribution in [1.82, 2.24) is 10.2 Å². The number of Topliss-reactive ketones (excluding diaryl/α,β-unsaturated/α-hetero) is 1. The molecule has 1 saturated heterocycles. The lowest BCUT2D eigenvalue weighted by Crippen LogP contribution is -2.44. The van der Waals surface area contributed by atoms with Crippen molar-refractivity contribution in [2.45, 2.75) is 45.1 Å². The number of piperidine rings is 1. The third-order valence-electron chi connectivity index (χ3n) is 4.69. The van der Waals surface area contributed by atoms with Crippen molar-refractivity contribution in [3.8, 4) is 0 Å². The number of ketones is 1. The van der Waals surface area contributed by atoms with Crippen LogP contribution in [-0.2, 0) is 6.42 Å². The Hall–Kier alpha value is -1.33. The van der Waals surface area contributed by atoms with Crippen molar-refractivity contribution < 1.29 is 14.0 Å². The highest BCUT2D eigenvalue weighted by molar-refractivity contribution is 6.03. The van der Waals surface area contributed by atoms with Crippen LogP contribution in [-0.4, -0.2) is 42.8 Å². The second-order valence-corrected chi connectivity index (χ2v) is 5.99. The van der Waals surface area contributed by atoms with E-state index in [0.29, 0.717) is 29.5 Å². The van der Waals surface area contributed by atoms with Crippen molar-refractivity contribution in [3.63, 3.8) is 0 Å². The largest absolute Gasteiger partial charge is 0.455 e. The minimum Gasteiger partial charge on any atom is -0.455 e. The highest BCUT2D eigenvalue weighted by atomic mass is 35.5. The SMILES string of the molecule is CNC1CCN(C(=O)c2oc3c(c2C)C(=O)CCC3)CC1.Cl. The molecule has 1 aromatic rings. The number of aryl methyl sites for hydroxylation is 1. The van der Waals surface area contributed by atoms with E-state index >= 15 is 0 Å². The smallest absolute Gasteiger partial charge is 0.289 e. The molecule has 0 atom stereocenters. The first-order valence-electron chi connectivity index (χ1n) is 7.73. The molecule has 2 aliphatic rings. The summed E-state index contributed by atoms with van der Waals surface area (Å²) in [4.78, 5) is 26.5. The van der Waals surface area contributed by atoms with Gasteiger partial charge in [0.05, 0.1) is 5.56 Å². The summed E-state index contributed by atoms with van der Waals surface area (Å²) in [5.41, 5.74) is 1.39. The van der Waals surface area contributed by atoms with E-state index in [1.165, 1.54) is 0 Å². The number of fused-ring (bicyclic) bond motifs is 1. The van der Waals surface area contributed by atoms with Gasteiger partial charge in [-0.3, -0.25) is 9.59 Å². The van der Waals surface area contributed by atoms with Gasteiger partial charge in [0.2, 0.25) is 0 Å². The Balaban J connectivity index is 0.00000176. The number of amides is 1. The molecule has 22 heavy (non-hydrogen) atoms. The van der Waals surface area contributed by atoms with Crippen LogP contribution in [0.1, 0.15) is 57.9 Å². The third kappa shape index (κ3) is 2.92. The van der Waals surface area contributed by atoms with Crippen LogP contribution in [0.2, 0.25) is 0 Å². The lowest BCUT2D eigenvalue weighted by atomic mass is 9.94. The van der Waals surface area contributed by atoms with E-state index in [-0.39, 0.29) is 24.1 Å². The van der Waals surface area contributed by atoms with E-state index < -0.39 is 0 Å². The highest BCUT2D eigenvalue weighted by Gasteiger charge is 2.32. The zero-order chi connectivity index (χ0) is 15.0. The molecule has 1 aliphatic carbocycles. The van der Waals surface area contributed by atoms with Gasteiger partial charge in [0.15, 0.2) is 11.5 Å². The van der Waals surface area contributed by atoms with Crippen molar-refractivity contribution in [2.24, 2.45) is 0 Å². The molecular formula is C16H23ClN2O3. The third-order valence-corrected chi connectivity index (χ3v) is 4.69. The first-order valence-corrected chi connectivity index (χ1v) is 7.73. The Bertz CT molecular complexity index is 574. The van der Waals surface area contributed by atoms with Gasteiger partial charge in [-0.25, -0.2) is 0 Å². The maximum absolute atomic E-state index is 12.6. The number of likely N-dealkylation sites (tertiary alicyclic amines) is 1. The minimum absolute atomic E-state index is 0. The lowest BCUT2D eigenvalue weighted by molar-refractivity contribution is 0.0671. The molecule has 0 aromatic carbocycles. The number of nitrogens with one attached hydrogen (secondary N) is 1. The molecule has 5 nitrogen and oxygen atoms in total. The molecule has 1 amide bonds. The average Bonchev–Trinajstić information content (AvgIpc) is 2.85. The van der Waals surface area contributed by atoms with E-state index in [9.17, 15) is 9.59 Å². The van der Waals surface area contributed by atoms with Crippen molar-refractivity contribution >= 4 is 24.1 Å². The molecule has 0 spiro atoms. The molecule has 2 heterocycles. The summed E-state index contributed by atoms with van der Waals surface area (Å²) in [7, 11) is 1.96. The maximum Gasteiger partial charge on any atom is 0.289 e. The summed E-state index contributed by atoms with van der Waals surface area (Å²) >= 11 is 0. The molecule has 3 rings (SSSR count). The Labute approximate surface area is 136 Å². The second kappa shape index (κ2) is 6.84. The molecular weight excluding hydrogens is 304 g/mol. The Morgan fingerprint density at radius 2 is 1.95 bits per heavy atom. The lowest BCUT2D eigenvalue weighted by Gasteiger charge is -2.31. The predicted molar refractivity (Wildman–Crippen MR) is 85.9 cm³/mol. The van der Waals surface area contributed by atoms with E-state index in [1.807, 2.05) is 18.9 Å². The molecule has 0 saturated carbocycles. The number of carbonyl (C=O) groups is 2. The van der Waals surface area contributed by atoms with Gasteiger partial charge in [-0.2, -0.15) is 0 Å². The Kier molecular flexibility index (Phi) is 5.29. The van der Waals surface area contributed by atoms with E-state index in [0.717, 1.165) is 44.3 Å². The number of hydrogen-bond donors (Lipinski definition) is 1. The number of hydrogen-bond acceptors (Lipinski definition) is 4. The summed E-state index contributed by atoms with van der Waals surface area (Å²) in [5.74, 6) is 1.13. The summed E-state index contributed by atoms with van der Waals surface area (Å²) in [6.07, 6.45) is 4.06.